The lowest BCUT2D eigenvalue weighted by Gasteiger charge is -2.33. The minimum Gasteiger partial charge on any atom is -0.340 e. The molecule has 1 atom stereocenters. The van der Waals surface area contributed by atoms with E-state index in [1.54, 1.807) is 0 Å². The molecule has 20 heavy (non-hydrogen) atoms. The minimum atomic E-state index is -0.692. The average Bonchev–Trinajstić information content (AvgIpc) is 3.07. The third-order valence-electron chi connectivity index (χ3n) is 4.46. The van der Waals surface area contributed by atoms with Crippen LogP contribution in [-0.4, -0.2) is 48.6 Å². The molecule has 0 radical (unpaired) electrons. The lowest BCUT2D eigenvalue weighted by molar-refractivity contribution is -0.136. The van der Waals surface area contributed by atoms with Crippen molar-refractivity contribution in [3.05, 3.63) is 0 Å². The highest BCUT2D eigenvalue weighted by atomic mass is 16.2. The third-order valence-corrected chi connectivity index (χ3v) is 4.46. The van der Waals surface area contributed by atoms with Gasteiger partial charge in [0.25, 0.3) is 0 Å². The van der Waals surface area contributed by atoms with Crippen molar-refractivity contribution < 1.29 is 9.59 Å². The van der Waals surface area contributed by atoms with Gasteiger partial charge >= 0.3 is 6.03 Å². The molecule has 2 fully saturated rings. The standard InChI is InChI=1S/C14H26N4O2/c1-2-16-13(20)17-14(6-3-4-7-14)12(19)18-8-5-11(9-15)10-18/h11H,2-10,15H2,1H3,(H2,16,17,20). The van der Waals surface area contributed by atoms with Crippen LogP contribution in [0.4, 0.5) is 4.79 Å². The molecule has 1 saturated carbocycles. The molecule has 3 amide bonds. The largest absolute Gasteiger partial charge is 0.340 e. The lowest BCUT2D eigenvalue weighted by Crippen LogP contribution is -2.59. The van der Waals surface area contributed by atoms with E-state index in [1.165, 1.54) is 0 Å². The number of carbonyl (C=O) groups excluding carboxylic acids is 2. The predicted molar refractivity (Wildman–Crippen MR) is 77.1 cm³/mol. The quantitative estimate of drug-likeness (QED) is 0.698. The van der Waals surface area contributed by atoms with Crippen molar-refractivity contribution in [2.45, 2.75) is 44.6 Å². The average molecular weight is 282 g/mol. The van der Waals surface area contributed by atoms with E-state index in [0.29, 0.717) is 19.0 Å². The van der Waals surface area contributed by atoms with Crippen molar-refractivity contribution in [2.24, 2.45) is 11.7 Å². The second-order valence-electron chi connectivity index (χ2n) is 5.92. The number of hydrogen-bond donors (Lipinski definition) is 3. The van der Waals surface area contributed by atoms with Crippen LogP contribution in [0.2, 0.25) is 0 Å². The van der Waals surface area contributed by atoms with Crippen molar-refractivity contribution in [1.82, 2.24) is 15.5 Å². The van der Waals surface area contributed by atoms with Crippen molar-refractivity contribution in [2.75, 3.05) is 26.2 Å². The summed E-state index contributed by atoms with van der Waals surface area (Å²) in [6.45, 7) is 4.55. The first-order valence-electron chi connectivity index (χ1n) is 7.67. The summed E-state index contributed by atoms with van der Waals surface area (Å²) in [6, 6.07) is -0.239. The zero-order valence-corrected chi connectivity index (χ0v) is 12.3. The van der Waals surface area contributed by atoms with Crippen molar-refractivity contribution in [3.63, 3.8) is 0 Å². The molecule has 0 aromatic carbocycles. The second-order valence-corrected chi connectivity index (χ2v) is 5.92. The van der Waals surface area contributed by atoms with E-state index in [1.807, 2.05) is 11.8 Å². The summed E-state index contributed by atoms with van der Waals surface area (Å²) in [5, 5.41) is 5.65. The van der Waals surface area contributed by atoms with Gasteiger partial charge in [-0.1, -0.05) is 12.8 Å². The number of nitrogens with one attached hydrogen (secondary N) is 2. The fourth-order valence-electron chi connectivity index (χ4n) is 3.31. The molecule has 0 aromatic heterocycles. The van der Waals surface area contributed by atoms with E-state index in [4.69, 9.17) is 5.73 Å². The highest BCUT2D eigenvalue weighted by molar-refractivity contribution is 5.91. The smallest absolute Gasteiger partial charge is 0.315 e. The fraction of sp³-hybridized carbons (Fsp3) is 0.857. The van der Waals surface area contributed by atoms with Crippen LogP contribution in [-0.2, 0) is 4.79 Å². The summed E-state index contributed by atoms with van der Waals surface area (Å²) >= 11 is 0. The Morgan fingerprint density at radius 2 is 2.05 bits per heavy atom. The molecular weight excluding hydrogens is 256 g/mol. The Labute approximate surface area is 120 Å². The van der Waals surface area contributed by atoms with E-state index in [0.717, 1.165) is 45.2 Å². The van der Waals surface area contributed by atoms with Crippen LogP contribution in [0.3, 0.4) is 0 Å². The number of amides is 3. The van der Waals surface area contributed by atoms with E-state index < -0.39 is 5.54 Å². The molecule has 2 aliphatic rings. The lowest BCUT2D eigenvalue weighted by atomic mass is 9.95. The molecule has 6 nitrogen and oxygen atoms in total. The number of nitrogens with zero attached hydrogens (tertiary/aromatic N) is 1. The van der Waals surface area contributed by atoms with Crippen LogP contribution in [0, 0.1) is 5.92 Å². The number of urea groups is 1. The maximum absolute atomic E-state index is 12.8. The van der Waals surface area contributed by atoms with E-state index >= 15 is 0 Å². The first-order chi connectivity index (χ1) is 9.61. The van der Waals surface area contributed by atoms with Crippen LogP contribution >= 0.6 is 0 Å². The van der Waals surface area contributed by atoms with Gasteiger partial charge in [0, 0.05) is 19.6 Å². The second kappa shape index (κ2) is 6.43. The number of likely N-dealkylation sites (tertiary alicyclic amines) is 1. The molecule has 1 aliphatic heterocycles. The van der Waals surface area contributed by atoms with Gasteiger partial charge in [0.15, 0.2) is 0 Å². The van der Waals surface area contributed by atoms with Gasteiger partial charge in [-0.25, -0.2) is 4.79 Å². The topological polar surface area (TPSA) is 87.5 Å². The van der Waals surface area contributed by atoms with Crippen LogP contribution in [0.15, 0.2) is 0 Å². The van der Waals surface area contributed by atoms with Gasteiger partial charge in [0.2, 0.25) is 5.91 Å². The first-order valence-corrected chi connectivity index (χ1v) is 7.67. The van der Waals surface area contributed by atoms with E-state index in [2.05, 4.69) is 10.6 Å². The minimum absolute atomic E-state index is 0.0807. The van der Waals surface area contributed by atoms with Crippen LogP contribution < -0.4 is 16.4 Å². The molecule has 114 valence electrons. The zero-order valence-electron chi connectivity index (χ0n) is 12.3. The van der Waals surface area contributed by atoms with Gasteiger partial charge in [0.1, 0.15) is 5.54 Å². The van der Waals surface area contributed by atoms with Gasteiger partial charge in [0.05, 0.1) is 0 Å². The Kier molecular flexibility index (Phi) is 4.86. The molecule has 1 aliphatic carbocycles. The van der Waals surface area contributed by atoms with Crippen LogP contribution in [0.1, 0.15) is 39.0 Å². The Morgan fingerprint density at radius 3 is 2.60 bits per heavy atom. The molecule has 6 heteroatoms. The first kappa shape index (κ1) is 15.1. The summed E-state index contributed by atoms with van der Waals surface area (Å²) in [6.07, 6.45) is 4.44. The number of rotatable bonds is 4. The molecule has 1 saturated heterocycles. The molecular formula is C14H26N4O2. The van der Waals surface area contributed by atoms with E-state index in [-0.39, 0.29) is 11.9 Å². The molecule has 1 unspecified atom stereocenters. The van der Waals surface area contributed by atoms with Gasteiger partial charge < -0.3 is 21.3 Å². The SMILES string of the molecule is CCNC(=O)NC1(C(=O)N2CCC(CN)C2)CCCC1. The zero-order chi connectivity index (χ0) is 14.6. The molecule has 1 heterocycles. The summed E-state index contributed by atoms with van der Waals surface area (Å²) in [5.41, 5.74) is 4.99. The predicted octanol–water partition coefficient (Wildman–Crippen LogP) is 0.426. The van der Waals surface area contributed by atoms with Crippen molar-refractivity contribution >= 4 is 11.9 Å². The molecule has 0 spiro atoms. The maximum atomic E-state index is 12.8. The molecule has 0 bridgehead atoms. The molecule has 4 N–H and O–H groups in total. The van der Waals surface area contributed by atoms with Crippen LogP contribution in [0.5, 0.6) is 0 Å². The number of nitrogens with two attached hydrogens (primary N) is 1. The van der Waals surface area contributed by atoms with Gasteiger partial charge in [-0.3, -0.25) is 4.79 Å². The van der Waals surface area contributed by atoms with Crippen LogP contribution in [0.25, 0.3) is 0 Å². The Bertz CT molecular complexity index is 366. The van der Waals surface area contributed by atoms with Gasteiger partial charge in [-0.2, -0.15) is 0 Å². The molecule has 2 rings (SSSR count). The number of hydrogen-bond acceptors (Lipinski definition) is 3. The molecule has 0 aromatic rings. The summed E-state index contributed by atoms with van der Waals surface area (Å²) in [4.78, 5) is 26.5. The third kappa shape index (κ3) is 3.06. The Hall–Kier alpha value is -1.30. The monoisotopic (exact) mass is 282 g/mol. The highest BCUT2D eigenvalue weighted by Crippen LogP contribution is 2.33. The summed E-state index contributed by atoms with van der Waals surface area (Å²) in [7, 11) is 0. The summed E-state index contributed by atoms with van der Waals surface area (Å²) in [5.74, 6) is 0.485. The van der Waals surface area contributed by atoms with Gasteiger partial charge in [-0.05, 0) is 38.6 Å². The van der Waals surface area contributed by atoms with Crippen molar-refractivity contribution in [1.29, 1.82) is 0 Å². The normalized spacial score (nSPS) is 24.7. The Balaban J connectivity index is 2.04. The van der Waals surface area contributed by atoms with E-state index in [9.17, 15) is 9.59 Å². The highest BCUT2D eigenvalue weighted by Gasteiger charge is 2.45. The number of carbonyl (C=O) groups is 2. The maximum Gasteiger partial charge on any atom is 0.315 e. The van der Waals surface area contributed by atoms with Crippen molar-refractivity contribution in [3.8, 4) is 0 Å². The summed E-state index contributed by atoms with van der Waals surface area (Å²) < 4.78 is 0. The van der Waals surface area contributed by atoms with Gasteiger partial charge in [-0.15, -0.1) is 0 Å². The fourth-order valence-corrected chi connectivity index (χ4v) is 3.31. The Morgan fingerprint density at radius 1 is 1.35 bits per heavy atom.